The van der Waals surface area contributed by atoms with Crippen LogP contribution in [0.4, 0.5) is 0 Å². The fourth-order valence-electron chi connectivity index (χ4n) is 1.22. The first-order valence-corrected chi connectivity index (χ1v) is 5.25. The van der Waals surface area contributed by atoms with Crippen molar-refractivity contribution in [2.24, 2.45) is 0 Å². The minimum atomic E-state index is -1.50. The van der Waals surface area contributed by atoms with Crippen molar-refractivity contribution in [1.29, 1.82) is 0 Å². The number of aliphatic hydroxyl groups excluding tert-OH is 1. The minimum Gasteiger partial charge on any atom is -0.490 e. The monoisotopic (exact) mass is 240 g/mol. The Morgan fingerprint density at radius 2 is 2.00 bits per heavy atom. The average molecular weight is 240 g/mol. The summed E-state index contributed by atoms with van der Waals surface area (Å²) in [5, 5.41) is 17.5. The summed E-state index contributed by atoms with van der Waals surface area (Å²) in [6.07, 6.45) is -0.683. The fourth-order valence-corrected chi connectivity index (χ4v) is 1.22. The molecule has 2 N–H and O–H groups in total. The summed E-state index contributed by atoms with van der Waals surface area (Å²) in [4.78, 5) is 10.3. The van der Waals surface area contributed by atoms with E-state index >= 15 is 0 Å². The molecule has 0 radical (unpaired) electrons. The van der Waals surface area contributed by atoms with Gasteiger partial charge < -0.3 is 19.7 Å². The van der Waals surface area contributed by atoms with Gasteiger partial charge in [-0.3, -0.25) is 0 Å². The largest absolute Gasteiger partial charge is 0.490 e. The molecule has 1 aromatic carbocycles. The number of carbonyl (C=O) groups is 1. The van der Waals surface area contributed by atoms with Crippen molar-refractivity contribution >= 4 is 5.97 Å². The van der Waals surface area contributed by atoms with Crippen LogP contribution in [0.2, 0.25) is 0 Å². The average Bonchev–Trinajstić information content (AvgIpc) is 2.34. The zero-order valence-corrected chi connectivity index (χ0v) is 9.63. The quantitative estimate of drug-likeness (QED) is 0.733. The molecule has 0 aromatic heterocycles. The molecule has 0 unspecified atom stereocenters. The molecule has 0 spiro atoms. The van der Waals surface area contributed by atoms with Gasteiger partial charge in [-0.05, 0) is 24.1 Å². The van der Waals surface area contributed by atoms with E-state index in [-0.39, 0.29) is 6.61 Å². The Bertz CT molecular complexity index is 346. The van der Waals surface area contributed by atoms with E-state index in [1.807, 2.05) is 12.1 Å². The molecule has 0 aliphatic heterocycles. The highest BCUT2D eigenvalue weighted by molar-refractivity contribution is 5.72. The number of hydrogen-bond donors (Lipinski definition) is 2. The molecule has 0 saturated heterocycles. The zero-order chi connectivity index (χ0) is 12.7. The number of ether oxygens (including phenoxy) is 2. The second-order valence-electron chi connectivity index (χ2n) is 3.55. The second kappa shape index (κ2) is 6.88. The van der Waals surface area contributed by atoms with Crippen LogP contribution in [0.25, 0.3) is 0 Å². The molecule has 5 nitrogen and oxygen atoms in total. The van der Waals surface area contributed by atoms with Crippen molar-refractivity contribution in [3.05, 3.63) is 29.8 Å². The van der Waals surface area contributed by atoms with Crippen LogP contribution in [0.1, 0.15) is 5.56 Å². The Morgan fingerprint density at radius 3 is 2.53 bits per heavy atom. The van der Waals surface area contributed by atoms with E-state index in [4.69, 9.17) is 19.7 Å². The molecule has 5 heteroatoms. The summed E-state index contributed by atoms with van der Waals surface area (Å²) in [5.41, 5.74) is 1.11. The van der Waals surface area contributed by atoms with Crippen LogP contribution < -0.4 is 4.74 Å². The molecule has 0 bridgehead atoms. The van der Waals surface area contributed by atoms with Crippen molar-refractivity contribution in [2.45, 2.75) is 12.5 Å². The number of benzene rings is 1. The van der Waals surface area contributed by atoms with Gasteiger partial charge in [-0.15, -0.1) is 0 Å². The van der Waals surface area contributed by atoms with Crippen LogP contribution in [0.3, 0.4) is 0 Å². The Labute approximate surface area is 99.6 Å². The van der Waals surface area contributed by atoms with E-state index in [1.165, 1.54) is 0 Å². The smallest absolute Gasteiger partial charge is 0.336 e. The number of rotatable bonds is 7. The first-order chi connectivity index (χ1) is 8.13. The zero-order valence-electron chi connectivity index (χ0n) is 9.63. The predicted molar refractivity (Wildman–Crippen MR) is 61.2 cm³/mol. The van der Waals surface area contributed by atoms with Gasteiger partial charge in [0.15, 0.2) is 6.10 Å². The number of methoxy groups -OCH3 is 1. The highest BCUT2D eigenvalue weighted by Crippen LogP contribution is 2.12. The SMILES string of the molecule is COCCc1ccc(OC[C@@H](O)C(=O)O)cc1. The van der Waals surface area contributed by atoms with Gasteiger partial charge in [0.05, 0.1) is 6.61 Å². The number of hydrogen-bond acceptors (Lipinski definition) is 4. The third-order valence-corrected chi connectivity index (χ3v) is 2.21. The van der Waals surface area contributed by atoms with Gasteiger partial charge >= 0.3 is 5.97 Å². The van der Waals surface area contributed by atoms with Gasteiger partial charge in [0.2, 0.25) is 0 Å². The molecule has 0 aliphatic carbocycles. The molecular weight excluding hydrogens is 224 g/mol. The summed E-state index contributed by atoms with van der Waals surface area (Å²) in [5.74, 6) is -0.756. The first kappa shape index (κ1) is 13.5. The Balaban J connectivity index is 2.42. The highest BCUT2D eigenvalue weighted by Gasteiger charge is 2.13. The Kier molecular flexibility index (Phi) is 5.45. The normalized spacial score (nSPS) is 12.1. The molecule has 17 heavy (non-hydrogen) atoms. The molecule has 0 fully saturated rings. The van der Waals surface area contributed by atoms with E-state index in [2.05, 4.69) is 0 Å². The molecule has 1 rings (SSSR count). The molecule has 0 amide bonds. The summed E-state index contributed by atoms with van der Waals surface area (Å²) in [6.45, 7) is 0.394. The lowest BCUT2D eigenvalue weighted by Crippen LogP contribution is -2.26. The standard InChI is InChI=1S/C12H16O5/c1-16-7-6-9-2-4-10(5-3-9)17-8-11(13)12(14)15/h2-5,11,13H,6-8H2,1H3,(H,14,15)/t11-/m1/s1. The number of aliphatic carboxylic acids is 1. The molecule has 0 aliphatic rings. The fraction of sp³-hybridized carbons (Fsp3) is 0.417. The predicted octanol–water partition coefficient (Wildman–Crippen LogP) is 0.700. The van der Waals surface area contributed by atoms with Gasteiger partial charge in [0.25, 0.3) is 0 Å². The van der Waals surface area contributed by atoms with Crippen LogP contribution >= 0.6 is 0 Å². The van der Waals surface area contributed by atoms with E-state index in [1.54, 1.807) is 19.2 Å². The van der Waals surface area contributed by atoms with Crippen molar-refractivity contribution in [2.75, 3.05) is 20.3 Å². The topological polar surface area (TPSA) is 76.0 Å². The molecule has 1 aromatic rings. The molecule has 1 atom stereocenters. The Morgan fingerprint density at radius 1 is 1.35 bits per heavy atom. The van der Waals surface area contributed by atoms with Crippen molar-refractivity contribution in [3.63, 3.8) is 0 Å². The number of aliphatic hydroxyl groups is 1. The first-order valence-electron chi connectivity index (χ1n) is 5.25. The third kappa shape index (κ3) is 4.84. The van der Waals surface area contributed by atoms with E-state index in [9.17, 15) is 4.79 Å². The van der Waals surface area contributed by atoms with Crippen LogP contribution in [-0.2, 0) is 16.0 Å². The van der Waals surface area contributed by atoms with Crippen LogP contribution in [0.5, 0.6) is 5.75 Å². The summed E-state index contributed by atoms with van der Waals surface area (Å²) < 4.78 is 10.1. The van der Waals surface area contributed by atoms with Crippen molar-refractivity contribution < 1.29 is 24.5 Å². The second-order valence-corrected chi connectivity index (χ2v) is 3.55. The van der Waals surface area contributed by atoms with E-state index in [0.717, 1.165) is 12.0 Å². The third-order valence-electron chi connectivity index (χ3n) is 2.21. The lowest BCUT2D eigenvalue weighted by atomic mass is 10.1. The maximum atomic E-state index is 10.3. The molecular formula is C12H16O5. The van der Waals surface area contributed by atoms with Gasteiger partial charge in [0, 0.05) is 7.11 Å². The highest BCUT2D eigenvalue weighted by atomic mass is 16.5. The van der Waals surface area contributed by atoms with Gasteiger partial charge in [-0.2, -0.15) is 0 Å². The molecule has 0 heterocycles. The lowest BCUT2D eigenvalue weighted by molar-refractivity contribution is -0.148. The van der Waals surface area contributed by atoms with Crippen LogP contribution in [0.15, 0.2) is 24.3 Å². The number of carboxylic acid groups (broad SMARTS) is 1. The van der Waals surface area contributed by atoms with E-state index < -0.39 is 12.1 Å². The summed E-state index contributed by atoms with van der Waals surface area (Å²) in [6, 6.07) is 7.22. The van der Waals surface area contributed by atoms with Crippen LogP contribution in [0, 0.1) is 0 Å². The maximum absolute atomic E-state index is 10.3. The molecule has 94 valence electrons. The minimum absolute atomic E-state index is 0.257. The maximum Gasteiger partial charge on any atom is 0.336 e. The van der Waals surface area contributed by atoms with E-state index in [0.29, 0.717) is 12.4 Å². The Hall–Kier alpha value is -1.59. The van der Waals surface area contributed by atoms with Crippen molar-refractivity contribution in [3.8, 4) is 5.75 Å². The van der Waals surface area contributed by atoms with Gasteiger partial charge in [-0.25, -0.2) is 4.79 Å². The van der Waals surface area contributed by atoms with Gasteiger partial charge in [-0.1, -0.05) is 12.1 Å². The van der Waals surface area contributed by atoms with Crippen LogP contribution in [-0.4, -0.2) is 42.6 Å². The lowest BCUT2D eigenvalue weighted by Gasteiger charge is -2.09. The molecule has 0 saturated carbocycles. The van der Waals surface area contributed by atoms with Gasteiger partial charge in [0.1, 0.15) is 12.4 Å². The number of carboxylic acids is 1. The van der Waals surface area contributed by atoms with Crippen molar-refractivity contribution in [1.82, 2.24) is 0 Å². The summed E-state index contributed by atoms with van der Waals surface area (Å²) in [7, 11) is 1.64. The summed E-state index contributed by atoms with van der Waals surface area (Å²) >= 11 is 0.